The van der Waals surface area contributed by atoms with Crippen molar-refractivity contribution in [3.63, 3.8) is 0 Å². The minimum absolute atomic E-state index is 1.11. The van der Waals surface area contributed by atoms with E-state index in [1.165, 1.54) is 5.57 Å². The molecule has 0 atom stereocenters. The molecule has 0 aromatic carbocycles. The van der Waals surface area contributed by atoms with E-state index in [2.05, 4.69) is 31.2 Å². The Kier molecular flexibility index (Phi) is 2.46. The van der Waals surface area contributed by atoms with E-state index >= 15 is 0 Å². The fourth-order valence-electron chi connectivity index (χ4n) is 1.14. The predicted molar refractivity (Wildman–Crippen MR) is 44.1 cm³/mol. The van der Waals surface area contributed by atoms with Gasteiger partial charge >= 0.3 is 0 Å². The van der Waals surface area contributed by atoms with Gasteiger partial charge in [-0.3, -0.25) is 0 Å². The van der Waals surface area contributed by atoms with Crippen molar-refractivity contribution in [2.45, 2.75) is 6.92 Å². The number of hydrogen-bond donors (Lipinski definition) is 1. The molecule has 0 spiro atoms. The lowest BCUT2D eigenvalue weighted by Gasteiger charge is -2.23. The largest absolute Gasteiger partial charge is 0.309 e. The van der Waals surface area contributed by atoms with Crippen molar-refractivity contribution in [1.29, 1.82) is 0 Å². The van der Waals surface area contributed by atoms with Crippen molar-refractivity contribution < 1.29 is 0 Å². The molecule has 1 rings (SSSR count). The summed E-state index contributed by atoms with van der Waals surface area (Å²) in [5.74, 6) is 0. The topological polar surface area (TPSA) is 15.3 Å². The normalized spacial score (nSPS) is 17.4. The highest BCUT2D eigenvalue weighted by molar-refractivity contribution is 5.22. The Balaban J connectivity index is 2.39. The Morgan fingerprint density at radius 3 is 2.40 bits per heavy atom. The van der Waals surface area contributed by atoms with E-state index in [1.807, 2.05) is 0 Å². The Morgan fingerprint density at radius 1 is 1.50 bits per heavy atom. The molecule has 0 bridgehead atoms. The van der Waals surface area contributed by atoms with Crippen molar-refractivity contribution in [3.05, 3.63) is 11.1 Å². The van der Waals surface area contributed by atoms with Gasteiger partial charge in [0.05, 0.1) is 0 Å². The average molecular weight is 140 g/mol. The number of hydrogen-bond acceptors (Lipinski definition) is 2. The van der Waals surface area contributed by atoms with Crippen LogP contribution in [0.15, 0.2) is 11.1 Å². The zero-order valence-corrected chi connectivity index (χ0v) is 7.07. The lowest BCUT2D eigenvalue weighted by Crippen LogP contribution is -2.36. The lowest BCUT2D eigenvalue weighted by atomic mass is 10.0. The van der Waals surface area contributed by atoms with Gasteiger partial charge in [-0.15, -0.1) is 0 Å². The molecule has 1 heterocycles. The number of nitrogens with zero attached hydrogens (tertiary/aromatic N) is 1. The van der Waals surface area contributed by atoms with Gasteiger partial charge in [0, 0.05) is 19.6 Å². The second-order valence-corrected chi connectivity index (χ2v) is 3.23. The zero-order chi connectivity index (χ0) is 7.56. The molecule has 0 unspecified atom stereocenters. The molecule has 1 N–H and O–H groups in total. The molecule has 0 radical (unpaired) electrons. The molecule has 0 aromatic rings. The molecular formula is C8H16N2. The van der Waals surface area contributed by atoms with E-state index in [1.54, 1.807) is 5.57 Å². The first kappa shape index (κ1) is 7.76. The highest BCUT2D eigenvalue weighted by Gasteiger charge is 2.10. The Hall–Kier alpha value is -0.340. The van der Waals surface area contributed by atoms with Crippen LogP contribution < -0.4 is 5.32 Å². The first-order chi connectivity index (χ1) is 4.70. The van der Waals surface area contributed by atoms with Crippen molar-refractivity contribution in [2.75, 3.05) is 33.7 Å². The van der Waals surface area contributed by atoms with Crippen LogP contribution in [0.25, 0.3) is 0 Å². The van der Waals surface area contributed by atoms with Crippen molar-refractivity contribution in [2.24, 2.45) is 0 Å². The van der Waals surface area contributed by atoms with Gasteiger partial charge in [-0.1, -0.05) is 5.57 Å². The van der Waals surface area contributed by atoms with Crippen LogP contribution >= 0.6 is 0 Å². The summed E-state index contributed by atoms with van der Waals surface area (Å²) in [7, 11) is 4.21. The van der Waals surface area contributed by atoms with Crippen LogP contribution in [-0.2, 0) is 0 Å². The first-order valence-electron chi connectivity index (χ1n) is 3.73. The molecule has 2 heteroatoms. The van der Waals surface area contributed by atoms with Gasteiger partial charge in [-0.05, 0) is 26.6 Å². The lowest BCUT2D eigenvalue weighted by molar-refractivity contribution is 0.439. The standard InChI is InChI=1S/C8H16N2/c1-7(6-10(2)3)8-4-9-5-8/h9H,4-6H2,1-3H3. The van der Waals surface area contributed by atoms with Gasteiger partial charge in [0.1, 0.15) is 0 Å². The van der Waals surface area contributed by atoms with Gasteiger partial charge < -0.3 is 10.2 Å². The van der Waals surface area contributed by atoms with E-state index < -0.39 is 0 Å². The zero-order valence-electron chi connectivity index (χ0n) is 7.07. The summed E-state index contributed by atoms with van der Waals surface area (Å²) in [6.45, 7) is 5.55. The number of likely N-dealkylation sites (N-methyl/N-ethyl adjacent to an activating group) is 1. The summed E-state index contributed by atoms with van der Waals surface area (Å²) in [6.07, 6.45) is 0. The summed E-state index contributed by atoms with van der Waals surface area (Å²) < 4.78 is 0. The molecule has 1 aliphatic heterocycles. The van der Waals surface area contributed by atoms with E-state index in [9.17, 15) is 0 Å². The van der Waals surface area contributed by atoms with E-state index in [4.69, 9.17) is 0 Å². The molecule has 1 aliphatic rings. The Bertz CT molecular complexity index is 141. The summed E-state index contributed by atoms with van der Waals surface area (Å²) in [6, 6.07) is 0. The maximum atomic E-state index is 3.24. The molecule has 58 valence electrons. The molecule has 1 saturated heterocycles. The van der Waals surface area contributed by atoms with Crippen molar-refractivity contribution in [1.82, 2.24) is 10.2 Å². The average Bonchev–Trinajstić information content (AvgIpc) is 1.55. The van der Waals surface area contributed by atoms with Crippen LogP contribution in [0.5, 0.6) is 0 Å². The molecule has 1 fully saturated rings. The Labute approximate surface area is 62.9 Å². The highest BCUT2D eigenvalue weighted by Crippen LogP contribution is 2.08. The molecule has 0 aliphatic carbocycles. The third kappa shape index (κ3) is 1.82. The van der Waals surface area contributed by atoms with Gasteiger partial charge in [-0.2, -0.15) is 0 Å². The summed E-state index contributed by atoms with van der Waals surface area (Å²) in [5.41, 5.74) is 3.12. The second kappa shape index (κ2) is 3.17. The van der Waals surface area contributed by atoms with E-state index in [-0.39, 0.29) is 0 Å². The van der Waals surface area contributed by atoms with E-state index in [0.717, 1.165) is 19.6 Å². The van der Waals surface area contributed by atoms with E-state index in [0.29, 0.717) is 0 Å². The van der Waals surface area contributed by atoms with Crippen LogP contribution in [0.4, 0.5) is 0 Å². The molecule has 2 nitrogen and oxygen atoms in total. The van der Waals surface area contributed by atoms with Gasteiger partial charge in [-0.25, -0.2) is 0 Å². The molecule has 0 saturated carbocycles. The molecule has 10 heavy (non-hydrogen) atoms. The highest BCUT2D eigenvalue weighted by atomic mass is 15.1. The third-order valence-corrected chi connectivity index (χ3v) is 1.83. The van der Waals surface area contributed by atoms with Crippen LogP contribution in [0.1, 0.15) is 6.92 Å². The molecular weight excluding hydrogens is 124 g/mol. The van der Waals surface area contributed by atoms with Gasteiger partial charge in [0.2, 0.25) is 0 Å². The maximum absolute atomic E-state index is 3.24. The van der Waals surface area contributed by atoms with Gasteiger partial charge in [0.15, 0.2) is 0 Å². The Morgan fingerprint density at radius 2 is 2.10 bits per heavy atom. The fraction of sp³-hybridized carbons (Fsp3) is 0.750. The van der Waals surface area contributed by atoms with Crippen LogP contribution in [0.3, 0.4) is 0 Å². The summed E-state index contributed by atoms with van der Waals surface area (Å²) in [5, 5.41) is 3.24. The van der Waals surface area contributed by atoms with Crippen molar-refractivity contribution in [3.8, 4) is 0 Å². The smallest absolute Gasteiger partial charge is 0.0187 e. The summed E-state index contributed by atoms with van der Waals surface area (Å²) in [4.78, 5) is 2.21. The molecule has 0 amide bonds. The third-order valence-electron chi connectivity index (χ3n) is 1.83. The minimum atomic E-state index is 1.11. The first-order valence-corrected chi connectivity index (χ1v) is 3.73. The van der Waals surface area contributed by atoms with Gasteiger partial charge in [0.25, 0.3) is 0 Å². The SMILES string of the molecule is CC(CN(C)C)=C1CNC1. The summed E-state index contributed by atoms with van der Waals surface area (Å²) >= 11 is 0. The number of rotatable bonds is 2. The van der Waals surface area contributed by atoms with Crippen molar-refractivity contribution >= 4 is 0 Å². The predicted octanol–water partition coefficient (Wildman–Crippen LogP) is 0.468. The fourth-order valence-corrected chi connectivity index (χ4v) is 1.14. The van der Waals surface area contributed by atoms with Crippen LogP contribution in [-0.4, -0.2) is 38.6 Å². The van der Waals surface area contributed by atoms with Crippen LogP contribution in [0.2, 0.25) is 0 Å². The monoisotopic (exact) mass is 140 g/mol. The van der Waals surface area contributed by atoms with Crippen LogP contribution in [0, 0.1) is 0 Å². The second-order valence-electron chi connectivity index (χ2n) is 3.23. The molecule has 0 aromatic heterocycles. The number of nitrogens with one attached hydrogen (secondary N) is 1. The minimum Gasteiger partial charge on any atom is -0.309 e. The quantitative estimate of drug-likeness (QED) is 0.561. The maximum Gasteiger partial charge on any atom is 0.0187 e.